The number of alkyl halides is 3. The molecule has 0 fully saturated rings. The first-order chi connectivity index (χ1) is 12.7. The first kappa shape index (κ1) is 19.2. The van der Waals surface area contributed by atoms with Crippen molar-refractivity contribution >= 4 is 40.1 Å². The van der Waals surface area contributed by atoms with E-state index in [0.717, 1.165) is 6.07 Å². The summed E-state index contributed by atoms with van der Waals surface area (Å²) in [6, 6.07) is 7.67. The zero-order valence-corrected chi connectivity index (χ0v) is 14.8. The van der Waals surface area contributed by atoms with Gasteiger partial charge in [-0.1, -0.05) is 41.4 Å². The molecule has 0 bridgehead atoms. The summed E-state index contributed by atoms with van der Waals surface area (Å²) < 4.78 is 39.0. The number of halogens is 5. The molecule has 0 aliphatic carbocycles. The lowest BCUT2D eigenvalue weighted by molar-refractivity contribution is -0.138. The van der Waals surface area contributed by atoms with Crippen LogP contribution in [0, 0.1) is 0 Å². The number of benzene rings is 1. The first-order valence-corrected chi connectivity index (χ1v) is 8.22. The number of aromatic nitrogens is 2. The molecule has 140 valence electrons. The molecule has 3 rings (SSSR count). The van der Waals surface area contributed by atoms with E-state index >= 15 is 0 Å². The highest BCUT2D eigenvalue weighted by atomic mass is 35.5. The van der Waals surface area contributed by atoms with Gasteiger partial charge in [-0.25, -0.2) is 9.97 Å². The Morgan fingerprint density at radius 1 is 1.11 bits per heavy atom. The fraction of sp³-hybridized carbons (Fsp3) is 0.118. The van der Waals surface area contributed by atoms with Crippen LogP contribution in [0.25, 0.3) is 11.0 Å². The number of aromatic hydroxyl groups is 1. The average Bonchev–Trinajstić information content (AvgIpc) is 2.63. The Morgan fingerprint density at radius 2 is 1.81 bits per heavy atom. The molecule has 2 N–H and O–H groups in total. The van der Waals surface area contributed by atoms with Gasteiger partial charge in [0.15, 0.2) is 10.9 Å². The van der Waals surface area contributed by atoms with Crippen molar-refractivity contribution in [1.82, 2.24) is 15.3 Å². The SMILES string of the molecule is O=C(NCc1ccccc1C(F)(F)F)c1ccc2nc(Cl)c(O)c(Cl)c2n1. The van der Waals surface area contributed by atoms with Crippen molar-refractivity contribution in [3.05, 3.63) is 63.4 Å². The molecule has 0 radical (unpaired) electrons. The lowest BCUT2D eigenvalue weighted by Crippen LogP contribution is -2.25. The van der Waals surface area contributed by atoms with E-state index in [9.17, 15) is 23.1 Å². The van der Waals surface area contributed by atoms with Crippen LogP contribution >= 0.6 is 23.2 Å². The van der Waals surface area contributed by atoms with Crippen molar-refractivity contribution < 1.29 is 23.1 Å². The Labute approximate surface area is 160 Å². The molecule has 0 atom stereocenters. The molecular weight excluding hydrogens is 406 g/mol. The maximum absolute atomic E-state index is 13.0. The van der Waals surface area contributed by atoms with Crippen LogP contribution in [-0.2, 0) is 12.7 Å². The van der Waals surface area contributed by atoms with Crippen LogP contribution in [0.2, 0.25) is 10.2 Å². The number of carbonyl (C=O) groups excluding carboxylic acids is 1. The monoisotopic (exact) mass is 415 g/mol. The third kappa shape index (κ3) is 3.91. The molecule has 1 aromatic carbocycles. The maximum atomic E-state index is 13.0. The standard InChI is InChI=1S/C17H10Cl2F3N3O2/c18-12-13-10(25-15(19)14(12)26)5-6-11(24-13)16(27)23-7-8-3-1-2-4-9(8)17(20,21)22/h1-6,26H,7H2,(H,23,27). The highest BCUT2D eigenvalue weighted by Crippen LogP contribution is 2.35. The van der Waals surface area contributed by atoms with Crippen molar-refractivity contribution in [3.8, 4) is 5.75 Å². The molecule has 27 heavy (non-hydrogen) atoms. The maximum Gasteiger partial charge on any atom is 0.416 e. The predicted molar refractivity (Wildman–Crippen MR) is 93.8 cm³/mol. The summed E-state index contributed by atoms with van der Waals surface area (Å²) in [6.45, 7) is -0.341. The topological polar surface area (TPSA) is 75.1 Å². The molecule has 0 aliphatic rings. The smallest absolute Gasteiger partial charge is 0.416 e. The van der Waals surface area contributed by atoms with Gasteiger partial charge in [0.1, 0.15) is 16.2 Å². The molecule has 0 spiro atoms. The van der Waals surface area contributed by atoms with Gasteiger partial charge in [0.05, 0.1) is 11.1 Å². The van der Waals surface area contributed by atoms with Crippen LogP contribution < -0.4 is 5.32 Å². The van der Waals surface area contributed by atoms with Gasteiger partial charge in [-0.05, 0) is 23.8 Å². The van der Waals surface area contributed by atoms with E-state index in [2.05, 4.69) is 15.3 Å². The van der Waals surface area contributed by atoms with Gasteiger partial charge < -0.3 is 10.4 Å². The van der Waals surface area contributed by atoms with Crippen molar-refractivity contribution in [2.24, 2.45) is 0 Å². The summed E-state index contributed by atoms with van der Waals surface area (Å²) in [6.07, 6.45) is -4.53. The minimum Gasteiger partial charge on any atom is -0.504 e. The summed E-state index contributed by atoms with van der Waals surface area (Å²) in [5.74, 6) is -1.19. The van der Waals surface area contributed by atoms with Crippen molar-refractivity contribution in [2.75, 3.05) is 0 Å². The summed E-state index contributed by atoms with van der Waals surface area (Å²) >= 11 is 11.7. The van der Waals surface area contributed by atoms with E-state index in [4.69, 9.17) is 23.2 Å². The summed E-state index contributed by atoms with van der Waals surface area (Å²) in [5, 5.41) is 11.7. The summed E-state index contributed by atoms with van der Waals surface area (Å²) in [4.78, 5) is 20.2. The quantitative estimate of drug-likeness (QED) is 0.613. The van der Waals surface area contributed by atoms with E-state index in [-0.39, 0.29) is 39.0 Å². The van der Waals surface area contributed by atoms with Crippen LogP contribution in [0.4, 0.5) is 13.2 Å². The fourth-order valence-corrected chi connectivity index (χ4v) is 2.87. The Morgan fingerprint density at radius 3 is 2.52 bits per heavy atom. The van der Waals surface area contributed by atoms with E-state index in [0.29, 0.717) is 0 Å². The van der Waals surface area contributed by atoms with Gasteiger partial charge in [0.25, 0.3) is 5.91 Å². The Kier molecular flexibility index (Phi) is 5.12. The number of fused-ring (bicyclic) bond motifs is 1. The second kappa shape index (κ2) is 7.21. The lowest BCUT2D eigenvalue weighted by atomic mass is 10.1. The van der Waals surface area contributed by atoms with E-state index < -0.39 is 23.4 Å². The van der Waals surface area contributed by atoms with Crippen LogP contribution in [0.1, 0.15) is 21.6 Å². The molecule has 2 heterocycles. The van der Waals surface area contributed by atoms with Crippen LogP contribution in [0.5, 0.6) is 5.75 Å². The van der Waals surface area contributed by atoms with Gasteiger partial charge in [-0.3, -0.25) is 4.79 Å². The number of hydrogen-bond acceptors (Lipinski definition) is 4. The first-order valence-electron chi connectivity index (χ1n) is 7.46. The number of rotatable bonds is 3. The second-order valence-electron chi connectivity index (χ2n) is 5.47. The Hall–Kier alpha value is -2.58. The van der Waals surface area contributed by atoms with Crippen molar-refractivity contribution in [1.29, 1.82) is 0 Å². The average molecular weight is 416 g/mol. The zero-order chi connectivity index (χ0) is 19.8. The van der Waals surface area contributed by atoms with Gasteiger partial charge in [0, 0.05) is 6.54 Å². The van der Waals surface area contributed by atoms with E-state index in [1.807, 2.05) is 0 Å². The van der Waals surface area contributed by atoms with Gasteiger partial charge in [0.2, 0.25) is 0 Å². The minimum atomic E-state index is -4.53. The number of hydrogen-bond donors (Lipinski definition) is 2. The number of amides is 1. The van der Waals surface area contributed by atoms with Crippen molar-refractivity contribution in [3.63, 3.8) is 0 Å². The van der Waals surface area contributed by atoms with Gasteiger partial charge in [-0.15, -0.1) is 0 Å². The molecule has 3 aromatic rings. The molecule has 0 saturated carbocycles. The molecule has 0 aliphatic heterocycles. The Balaban J connectivity index is 1.86. The molecule has 1 amide bonds. The van der Waals surface area contributed by atoms with Crippen LogP contribution in [0.3, 0.4) is 0 Å². The molecular formula is C17H10Cl2F3N3O2. The molecule has 0 saturated heterocycles. The third-order valence-electron chi connectivity index (χ3n) is 3.70. The van der Waals surface area contributed by atoms with Crippen molar-refractivity contribution in [2.45, 2.75) is 12.7 Å². The normalized spacial score (nSPS) is 11.6. The fourth-order valence-electron chi connectivity index (χ4n) is 2.41. The summed E-state index contributed by atoms with van der Waals surface area (Å²) in [7, 11) is 0. The molecule has 5 nitrogen and oxygen atoms in total. The second-order valence-corrected chi connectivity index (χ2v) is 6.20. The highest BCUT2D eigenvalue weighted by molar-refractivity contribution is 6.39. The van der Waals surface area contributed by atoms with Gasteiger partial charge >= 0.3 is 6.18 Å². The number of nitrogens with one attached hydrogen (secondary N) is 1. The van der Waals surface area contributed by atoms with Gasteiger partial charge in [-0.2, -0.15) is 13.2 Å². The molecule has 2 aromatic heterocycles. The zero-order valence-electron chi connectivity index (χ0n) is 13.3. The van der Waals surface area contributed by atoms with E-state index in [1.54, 1.807) is 0 Å². The minimum absolute atomic E-state index is 0.0434. The lowest BCUT2D eigenvalue weighted by Gasteiger charge is -2.13. The highest BCUT2D eigenvalue weighted by Gasteiger charge is 2.32. The summed E-state index contributed by atoms with van der Waals surface area (Å²) in [5.41, 5.74) is -0.715. The molecule has 10 heteroatoms. The number of nitrogens with zero attached hydrogens (tertiary/aromatic N) is 2. The predicted octanol–water partition coefficient (Wildman–Crippen LogP) is 4.59. The van der Waals surface area contributed by atoms with Crippen LogP contribution in [-0.4, -0.2) is 21.0 Å². The third-order valence-corrected chi connectivity index (χ3v) is 4.32. The van der Waals surface area contributed by atoms with Crippen LogP contribution in [0.15, 0.2) is 36.4 Å². The Bertz CT molecular complexity index is 1040. The molecule has 0 unspecified atom stereocenters. The van der Waals surface area contributed by atoms with E-state index in [1.165, 1.54) is 30.3 Å². The number of carbonyl (C=O) groups is 1. The largest absolute Gasteiger partial charge is 0.504 e. The number of pyridine rings is 2.